The number of hydrogen-bond donors (Lipinski definition) is 2. The second-order valence-corrected chi connectivity index (χ2v) is 3.28. The normalized spacial score (nSPS) is 13.5. The molecule has 0 radical (unpaired) electrons. The summed E-state index contributed by atoms with van der Waals surface area (Å²) in [5.74, 6) is 0. The Bertz CT molecular complexity index is 321. The summed E-state index contributed by atoms with van der Waals surface area (Å²) in [4.78, 5) is 5.74. The molecule has 62 valence electrons. The van der Waals surface area contributed by atoms with Gasteiger partial charge in [-0.25, -0.2) is 13.4 Å². The molecule has 6 nitrogen and oxygen atoms in total. The van der Waals surface area contributed by atoms with Crippen LogP contribution < -0.4 is 29.6 Å². The van der Waals surface area contributed by atoms with Gasteiger partial charge in [-0.3, -0.25) is 0 Å². The number of aliphatic hydroxyl groups excluding tert-OH is 1. The number of nitrogens with zero attached hydrogens (tertiary/aromatic N) is 1. The van der Waals surface area contributed by atoms with Gasteiger partial charge in [-0.2, -0.15) is 0 Å². The summed E-state index contributed by atoms with van der Waals surface area (Å²) in [6, 6.07) is 0. The third-order valence-electron chi connectivity index (χ3n) is 1.06. The van der Waals surface area contributed by atoms with Crippen molar-refractivity contribution in [1.29, 1.82) is 0 Å². The molecule has 1 atom stereocenters. The molecule has 0 saturated heterocycles. The molecule has 1 unspecified atom stereocenters. The van der Waals surface area contributed by atoms with Crippen LogP contribution in [0, 0.1) is 0 Å². The third kappa shape index (κ3) is 2.85. The monoisotopic (exact) mass is 200 g/mol. The molecular formula is C4H5N2NaO4S. The standard InChI is InChI=1S/C4H6N2O4S.Na/c7-4(11(8,9)10)3-1-5-2-6-3;/h1-2,4,7H,(H,5,6)(H,8,9,10);/q;+1/p-1. The number of rotatable bonds is 2. The second-order valence-electron chi connectivity index (χ2n) is 1.85. The van der Waals surface area contributed by atoms with E-state index in [0.29, 0.717) is 0 Å². The summed E-state index contributed by atoms with van der Waals surface area (Å²) >= 11 is 0. The van der Waals surface area contributed by atoms with Crippen LogP contribution in [0.1, 0.15) is 11.1 Å². The van der Waals surface area contributed by atoms with Crippen LogP contribution in [-0.2, 0) is 10.1 Å². The zero-order chi connectivity index (χ0) is 8.48. The van der Waals surface area contributed by atoms with E-state index < -0.39 is 15.6 Å². The van der Waals surface area contributed by atoms with Gasteiger partial charge in [-0.15, -0.1) is 0 Å². The van der Waals surface area contributed by atoms with Crippen molar-refractivity contribution in [2.75, 3.05) is 0 Å². The van der Waals surface area contributed by atoms with Crippen LogP contribution in [0.5, 0.6) is 0 Å². The molecule has 0 amide bonds. The first-order valence-electron chi connectivity index (χ1n) is 2.63. The summed E-state index contributed by atoms with van der Waals surface area (Å²) in [6.07, 6.45) is 2.24. The van der Waals surface area contributed by atoms with Crippen LogP contribution in [0.25, 0.3) is 0 Å². The molecule has 1 rings (SSSR count). The Morgan fingerprint density at radius 3 is 2.58 bits per heavy atom. The fourth-order valence-electron chi connectivity index (χ4n) is 0.557. The van der Waals surface area contributed by atoms with Gasteiger partial charge in [0.05, 0.1) is 18.2 Å². The van der Waals surface area contributed by atoms with Crippen molar-refractivity contribution in [3.05, 3.63) is 18.2 Å². The average Bonchev–Trinajstić information content (AvgIpc) is 2.34. The van der Waals surface area contributed by atoms with Crippen LogP contribution in [0.4, 0.5) is 0 Å². The van der Waals surface area contributed by atoms with Gasteiger partial charge >= 0.3 is 29.6 Å². The Labute approximate surface area is 91.1 Å². The molecule has 0 aliphatic carbocycles. The maximum Gasteiger partial charge on any atom is 1.00 e. The smallest absolute Gasteiger partial charge is 0.746 e. The van der Waals surface area contributed by atoms with Gasteiger partial charge in [0.2, 0.25) is 0 Å². The van der Waals surface area contributed by atoms with Gasteiger partial charge < -0.3 is 14.6 Å². The van der Waals surface area contributed by atoms with E-state index >= 15 is 0 Å². The van der Waals surface area contributed by atoms with Gasteiger partial charge in [0.1, 0.15) is 10.1 Å². The topological polar surface area (TPSA) is 106 Å². The van der Waals surface area contributed by atoms with Crippen molar-refractivity contribution in [1.82, 2.24) is 9.97 Å². The zero-order valence-corrected chi connectivity index (χ0v) is 9.08. The Kier molecular flexibility index (Phi) is 4.38. The van der Waals surface area contributed by atoms with E-state index in [1.165, 1.54) is 6.33 Å². The SMILES string of the molecule is O=S(=O)([O-])C(O)c1cnc[nH]1.[Na+]. The van der Waals surface area contributed by atoms with E-state index in [4.69, 9.17) is 5.11 Å². The van der Waals surface area contributed by atoms with E-state index in [0.717, 1.165) is 6.20 Å². The first-order chi connectivity index (χ1) is 5.02. The van der Waals surface area contributed by atoms with Crippen molar-refractivity contribution in [2.45, 2.75) is 5.44 Å². The number of aromatic nitrogens is 2. The maximum atomic E-state index is 10.2. The largest absolute Gasteiger partial charge is 1.00 e. The molecule has 0 aliphatic rings. The molecule has 0 bridgehead atoms. The minimum atomic E-state index is -4.69. The van der Waals surface area contributed by atoms with Crippen molar-refractivity contribution in [3.63, 3.8) is 0 Å². The molecule has 0 spiro atoms. The molecule has 1 aromatic rings. The summed E-state index contributed by atoms with van der Waals surface area (Å²) in [6.45, 7) is 0. The summed E-state index contributed by atoms with van der Waals surface area (Å²) in [7, 11) is -4.69. The molecule has 1 heterocycles. The molecule has 1 aromatic heterocycles. The molecule has 0 saturated carbocycles. The fraction of sp³-hybridized carbons (Fsp3) is 0.250. The Balaban J connectivity index is 0.00000121. The van der Waals surface area contributed by atoms with Gasteiger partial charge in [0.25, 0.3) is 0 Å². The summed E-state index contributed by atoms with van der Waals surface area (Å²) in [5.41, 5.74) is -2.18. The zero-order valence-electron chi connectivity index (χ0n) is 6.26. The summed E-state index contributed by atoms with van der Waals surface area (Å²) < 4.78 is 30.5. The van der Waals surface area contributed by atoms with Crippen LogP contribution in [-0.4, -0.2) is 28.0 Å². The Hall–Kier alpha value is 0.0800. The second kappa shape index (κ2) is 4.35. The molecule has 8 heteroatoms. The Morgan fingerprint density at radius 2 is 2.25 bits per heavy atom. The van der Waals surface area contributed by atoms with Crippen LogP contribution >= 0.6 is 0 Å². The van der Waals surface area contributed by atoms with Gasteiger partial charge in [-0.1, -0.05) is 0 Å². The molecule has 2 N–H and O–H groups in total. The Morgan fingerprint density at radius 1 is 1.67 bits per heavy atom. The van der Waals surface area contributed by atoms with Crippen LogP contribution in [0.15, 0.2) is 12.5 Å². The number of imidazole rings is 1. The van der Waals surface area contributed by atoms with Gasteiger partial charge in [0.15, 0.2) is 5.44 Å². The first-order valence-corrected chi connectivity index (χ1v) is 4.10. The van der Waals surface area contributed by atoms with E-state index in [2.05, 4.69) is 9.97 Å². The predicted molar refractivity (Wildman–Crippen MR) is 33.2 cm³/mol. The number of nitrogens with one attached hydrogen (secondary N) is 1. The number of aromatic amines is 1. The number of hydrogen-bond acceptors (Lipinski definition) is 5. The molecule has 12 heavy (non-hydrogen) atoms. The van der Waals surface area contributed by atoms with Crippen molar-refractivity contribution < 1.29 is 47.6 Å². The predicted octanol–water partition coefficient (Wildman–Crippen LogP) is -4.05. The van der Waals surface area contributed by atoms with E-state index in [1.54, 1.807) is 0 Å². The molecule has 0 fully saturated rings. The number of H-pyrrole nitrogens is 1. The van der Waals surface area contributed by atoms with Crippen LogP contribution in [0.3, 0.4) is 0 Å². The maximum absolute atomic E-state index is 10.2. The minimum Gasteiger partial charge on any atom is -0.746 e. The first kappa shape index (κ1) is 12.1. The van der Waals surface area contributed by atoms with E-state index in [1.807, 2.05) is 0 Å². The summed E-state index contributed by atoms with van der Waals surface area (Å²) in [5, 5.41) is 8.77. The molecule has 0 aliphatic heterocycles. The van der Waals surface area contributed by atoms with Gasteiger partial charge in [0, 0.05) is 0 Å². The quantitative estimate of drug-likeness (QED) is 0.373. The van der Waals surface area contributed by atoms with E-state index in [9.17, 15) is 13.0 Å². The minimum absolute atomic E-state index is 0. The van der Waals surface area contributed by atoms with Crippen molar-refractivity contribution in [2.24, 2.45) is 0 Å². The van der Waals surface area contributed by atoms with Gasteiger partial charge in [-0.05, 0) is 0 Å². The third-order valence-corrected chi connectivity index (χ3v) is 1.86. The van der Waals surface area contributed by atoms with Crippen LogP contribution in [0.2, 0.25) is 0 Å². The van der Waals surface area contributed by atoms with E-state index in [-0.39, 0.29) is 35.3 Å². The average molecular weight is 200 g/mol. The number of aliphatic hydroxyl groups is 1. The molecule has 0 aromatic carbocycles. The fourth-order valence-corrected chi connectivity index (χ4v) is 0.997. The molecular weight excluding hydrogens is 195 g/mol. The van der Waals surface area contributed by atoms with Crippen molar-refractivity contribution in [3.8, 4) is 0 Å². The van der Waals surface area contributed by atoms with Crippen molar-refractivity contribution >= 4 is 10.1 Å².